The van der Waals surface area contributed by atoms with Gasteiger partial charge >= 0.3 is 0 Å². The van der Waals surface area contributed by atoms with Gasteiger partial charge in [-0.25, -0.2) is 0 Å². The largest absolute Gasteiger partial charge is 0.507 e. The lowest BCUT2D eigenvalue weighted by Gasteiger charge is -2.37. The van der Waals surface area contributed by atoms with Crippen molar-refractivity contribution in [1.82, 2.24) is 0 Å². The summed E-state index contributed by atoms with van der Waals surface area (Å²) in [5.74, 6) is -0.677. The summed E-state index contributed by atoms with van der Waals surface area (Å²) >= 11 is 0. The maximum atomic E-state index is 13.7. The molecule has 0 saturated heterocycles. The molecule has 4 heteroatoms. The van der Waals surface area contributed by atoms with E-state index in [1.807, 2.05) is 30.3 Å². The van der Waals surface area contributed by atoms with Crippen LogP contribution in [0.5, 0.6) is 17.2 Å². The van der Waals surface area contributed by atoms with Crippen molar-refractivity contribution in [2.24, 2.45) is 23.7 Å². The van der Waals surface area contributed by atoms with Crippen molar-refractivity contribution in [1.29, 1.82) is 0 Å². The molecule has 0 spiro atoms. The number of rotatable bonds is 7. The van der Waals surface area contributed by atoms with Crippen LogP contribution in [-0.2, 0) is 0 Å². The Morgan fingerprint density at radius 3 is 1.67 bits per heavy atom. The maximum Gasteiger partial charge on any atom is 0.193 e. The van der Waals surface area contributed by atoms with Gasteiger partial charge < -0.3 is 15.3 Å². The van der Waals surface area contributed by atoms with Crippen molar-refractivity contribution in [2.75, 3.05) is 0 Å². The number of carbonyl (C=O) groups is 1. The lowest BCUT2D eigenvalue weighted by Crippen LogP contribution is -2.24. The van der Waals surface area contributed by atoms with Gasteiger partial charge in [0.15, 0.2) is 5.78 Å². The van der Waals surface area contributed by atoms with Crippen LogP contribution in [-0.4, -0.2) is 21.1 Å². The average molecular weight is 529 g/mol. The first-order valence-electron chi connectivity index (χ1n) is 14.4. The van der Waals surface area contributed by atoms with Gasteiger partial charge in [-0.15, -0.1) is 0 Å². The second kappa shape index (κ2) is 11.9. The Morgan fingerprint density at radius 2 is 1.23 bits per heavy atom. The van der Waals surface area contributed by atoms with E-state index in [9.17, 15) is 20.1 Å². The molecular formula is C35H44O4. The molecule has 2 aromatic carbocycles. The van der Waals surface area contributed by atoms with Crippen LogP contribution in [0, 0.1) is 23.7 Å². The summed E-state index contributed by atoms with van der Waals surface area (Å²) in [6.45, 7) is 12.8. The zero-order valence-corrected chi connectivity index (χ0v) is 24.2. The number of carbonyl (C=O) groups excluding carboxylic acids is 1. The molecule has 208 valence electrons. The van der Waals surface area contributed by atoms with Gasteiger partial charge in [0.05, 0.1) is 0 Å². The smallest absolute Gasteiger partial charge is 0.193 e. The molecule has 2 aliphatic rings. The molecule has 4 nitrogen and oxygen atoms in total. The van der Waals surface area contributed by atoms with Crippen LogP contribution in [0.15, 0.2) is 59.7 Å². The molecule has 0 amide bonds. The highest BCUT2D eigenvalue weighted by molar-refractivity contribution is 6.11. The third kappa shape index (κ3) is 5.85. The average Bonchev–Trinajstić information content (AvgIpc) is 2.88. The standard InChI is InChI=1S/C35H44O4/c1-20(2)25-15-12-22(5)18-27(25)30-33(37)31(28-19-23(6)13-16-26(28)21(3)4)35(39)32(34(30)38)29(36)17-14-24-10-8-7-9-11-24/h7-11,14,17-21,25-28,37-39H,12-13,15-16H2,1-6H3. The van der Waals surface area contributed by atoms with Gasteiger partial charge in [-0.2, -0.15) is 0 Å². The molecule has 0 aromatic heterocycles. The van der Waals surface area contributed by atoms with Crippen molar-refractivity contribution in [2.45, 2.75) is 79.1 Å². The van der Waals surface area contributed by atoms with E-state index in [-0.39, 0.29) is 46.5 Å². The zero-order chi connectivity index (χ0) is 28.4. The van der Waals surface area contributed by atoms with Gasteiger partial charge in [-0.05, 0) is 74.8 Å². The van der Waals surface area contributed by atoms with Crippen LogP contribution in [0.25, 0.3) is 6.08 Å². The second-order valence-electron chi connectivity index (χ2n) is 12.3. The Hall–Kier alpha value is -3.27. The molecule has 0 heterocycles. The first-order chi connectivity index (χ1) is 18.5. The number of aromatic hydroxyl groups is 3. The van der Waals surface area contributed by atoms with Gasteiger partial charge in [-0.3, -0.25) is 4.79 Å². The summed E-state index contributed by atoms with van der Waals surface area (Å²) in [6, 6.07) is 9.48. The van der Waals surface area contributed by atoms with E-state index < -0.39 is 5.78 Å². The lowest BCUT2D eigenvalue weighted by molar-refractivity contribution is 0.104. The first kappa shape index (κ1) is 28.7. The fourth-order valence-corrected chi connectivity index (χ4v) is 6.70. The minimum atomic E-state index is -0.480. The highest BCUT2D eigenvalue weighted by atomic mass is 16.3. The van der Waals surface area contributed by atoms with E-state index in [4.69, 9.17) is 0 Å². The Balaban J connectivity index is 1.98. The Bertz CT molecular complexity index is 1230. The van der Waals surface area contributed by atoms with Crippen LogP contribution >= 0.6 is 0 Å². The van der Waals surface area contributed by atoms with E-state index in [1.165, 1.54) is 17.2 Å². The Morgan fingerprint density at radius 1 is 0.769 bits per heavy atom. The number of benzene rings is 2. The van der Waals surface area contributed by atoms with E-state index in [0.717, 1.165) is 31.2 Å². The van der Waals surface area contributed by atoms with Crippen LogP contribution in [0.2, 0.25) is 0 Å². The minimum absolute atomic E-state index is 0.0724. The molecule has 2 aromatic rings. The van der Waals surface area contributed by atoms with Crippen molar-refractivity contribution in [3.8, 4) is 17.2 Å². The monoisotopic (exact) mass is 528 g/mol. The SMILES string of the molecule is CC1=CC(c2c(O)c(C(=O)C=Cc3ccccc3)c(O)c(C3C=C(C)CCC3C(C)C)c2O)C(C(C)C)CC1. The predicted molar refractivity (Wildman–Crippen MR) is 159 cm³/mol. The predicted octanol–water partition coefficient (Wildman–Crippen LogP) is 8.89. The number of allylic oxidation sites excluding steroid dienone is 5. The van der Waals surface area contributed by atoms with Crippen LogP contribution in [0.1, 0.15) is 106 Å². The van der Waals surface area contributed by atoms with Crippen LogP contribution in [0.3, 0.4) is 0 Å². The number of hydrogen-bond acceptors (Lipinski definition) is 4. The number of ketones is 1. The van der Waals surface area contributed by atoms with Crippen LogP contribution < -0.4 is 0 Å². The fourth-order valence-electron chi connectivity index (χ4n) is 6.70. The summed E-state index contributed by atoms with van der Waals surface area (Å²) in [7, 11) is 0. The normalized spacial score (nSPS) is 23.8. The summed E-state index contributed by atoms with van der Waals surface area (Å²) in [5.41, 5.74) is 3.88. The molecule has 0 saturated carbocycles. The van der Waals surface area contributed by atoms with E-state index in [2.05, 4.69) is 53.7 Å². The molecule has 2 aliphatic carbocycles. The summed E-state index contributed by atoms with van der Waals surface area (Å²) in [4.78, 5) is 13.7. The molecule has 39 heavy (non-hydrogen) atoms. The third-order valence-corrected chi connectivity index (χ3v) is 8.94. The van der Waals surface area contributed by atoms with Gasteiger partial charge in [0.25, 0.3) is 0 Å². The molecule has 4 rings (SSSR count). The number of phenolic OH excluding ortho intramolecular Hbond substituents is 3. The highest BCUT2D eigenvalue weighted by Crippen LogP contribution is 2.56. The molecule has 4 unspecified atom stereocenters. The van der Waals surface area contributed by atoms with Crippen molar-refractivity contribution in [3.63, 3.8) is 0 Å². The summed E-state index contributed by atoms with van der Waals surface area (Å²) in [6.07, 6.45) is 11.2. The lowest BCUT2D eigenvalue weighted by atomic mass is 9.68. The van der Waals surface area contributed by atoms with Gasteiger partial charge in [0, 0.05) is 23.0 Å². The number of phenols is 3. The first-order valence-corrected chi connectivity index (χ1v) is 14.4. The summed E-state index contributed by atoms with van der Waals surface area (Å²) < 4.78 is 0. The highest BCUT2D eigenvalue weighted by Gasteiger charge is 2.39. The zero-order valence-electron chi connectivity index (χ0n) is 24.2. The Labute approximate surface area is 233 Å². The quantitative estimate of drug-likeness (QED) is 0.190. The molecular weight excluding hydrogens is 484 g/mol. The second-order valence-corrected chi connectivity index (χ2v) is 12.3. The van der Waals surface area contributed by atoms with Gasteiger partial charge in [0.2, 0.25) is 0 Å². The number of hydrogen-bond donors (Lipinski definition) is 3. The summed E-state index contributed by atoms with van der Waals surface area (Å²) in [5, 5.41) is 35.3. The molecule has 4 atom stereocenters. The van der Waals surface area contributed by atoms with E-state index in [0.29, 0.717) is 23.0 Å². The molecule has 0 aliphatic heterocycles. The van der Waals surface area contributed by atoms with Crippen molar-refractivity contribution >= 4 is 11.9 Å². The van der Waals surface area contributed by atoms with E-state index >= 15 is 0 Å². The van der Waals surface area contributed by atoms with Gasteiger partial charge in [0.1, 0.15) is 22.8 Å². The Kier molecular flexibility index (Phi) is 8.73. The molecule has 0 fully saturated rings. The third-order valence-electron chi connectivity index (χ3n) is 8.94. The molecule has 0 radical (unpaired) electrons. The molecule has 3 N–H and O–H groups in total. The van der Waals surface area contributed by atoms with Crippen molar-refractivity contribution < 1.29 is 20.1 Å². The van der Waals surface area contributed by atoms with Crippen LogP contribution in [0.4, 0.5) is 0 Å². The topological polar surface area (TPSA) is 77.8 Å². The molecule has 0 bridgehead atoms. The van der Waals surface area contributed by atoms with E-state index in [1.54, 1.807) is 6.08 Å². The fraction of sp³-hybridized carbons (Fsp3) is 0.457. The maximum absolute atomic E-state index is 13.7. The van der Waals surface area contributed by atoms with Gasteiger partial charge in [-0.1, -0.05) is 87.4 Å². The van der Waals surface area contributed by atoms with Crippen molar-refractivity contribution in [3.05, 3.63) is 82.0 Å². The minimum Gasteiger partial charge on any atom is -0.507 e.